The molecule has 1 heterocycles. The van der Waals surface area contributed by atoms with Crippen molar-refractivity contribution < 1.29 is 9.13 Å². The van der Waals surface area contributed by atoms with Gasteiger partial charge in [-0.3, -0.25) is 0 Å². The number of rotatable bonds is 4. The second kappa shape index (κ2) is 6.02. The van der Waals surface area contributed by atoms with Crippen molar-refractivity contribution >= 4 is 0 Å². The summed E-state index contributed by atoms with van der Waals surface area (Å²) in [5.41, 5.74) is 1.15. The highest BCUT2D eigenvalue weighted by atomic mass is 19.1. The third kappa shape index (κ3) is 4.59. The quantitative estimate of drug-likeness (QED) is 0.902. The normalized spacial score (nSPS) is 24.1. The lowest BCUT2D eigenvalue weighted by molar-refractivity contribution is -0.0639. The Morgan fingerprint density at radius 3 is 2.68 bits per heavy atom. The molecule has 1 aliphatic rings. The maximum Gasteiger partial charge on any atom is 0.123 e. The average Bonchev–Trinajstić information content (AvgIpc) is 2.30. The first kappa shape index (κ1) is 14.5. The van der Waals surface area contributed by atoms with Crippen LogP contribution in [0.5, 0.6) is 0 Å². The molecular weight excluding hydrogens is 241 g/mol. The van der Waals surface area contributed by atoms with Gasteiger partial charge in [-0.2, -0.15) is 0 Å². The molecule has 0 saturated carbocycles. The molecule has 0 radical (unpaired) electrons. The minimum Gasteiger partial charge on any atom is -0.375 e. The molecule has 106 valence electrons. The summed E-state index contributed by atoms with van der Waals surface area (Å²) in [5, 5.41) is 3.66. The van der Waals surface area contributed by atoms with Crippen LogP contribution in [0, 0.1) is 5.82 Å². The summed E-state index contributed by atoms with van der Waals surface area (Å²) in [7, 11) is 0. The van der Waals surface area contributed by atoms with Crippen LogP contribution in [0.4, 0.5) is 4.39 Å². The van der Waals surface area contributed by atoms with E-state index in [9.17, 15) is 4.39 Å². The molecule has 2 unspecified atom stereocenters. The molecule has 2 atom stereocenters. The van der Waals surface area contributed by atoms with E-state index in [1.54, 1.807) is 0 Å². The van der Waals surface area contributed by atoms with Crippen LogP contribution in [0.15, 0.2) is 24.3 Å². The number of nitrogens with one attached hydrogen (secondary N) is 1. The third-order valence-corrected chi connectivity index (χ3v) is 3.67. The van der Waals surface area contributed by atoms with Crippen LogP contribution in [0.3, 0.4) is 0 Å². The Morgan fingerprint density at radius 1 is 1.37 bits per heavy atom. The fraction of sp³-hybridized carbons (Fsp3) is 0.625. The molecule has 1 aliphatic heterocycles. The van der Waals surface area contributed by atoms with Gasteiger partial charge in [-0.05, 0) is 57.7 Å². The number of hydrogen-bond acceptors (Lipinski definition) is 2. The van der Waals surface area contributed by atoms with Crippen molar-refractivity contribution in [1.82, 2.24) is 5.32 Å². The minimum atomic E-state index is -0.171. The molecule has 1 fully saturated rings. The molecule has 0 aromatic heterocycles. The molecule has 2 rings (SSSR count). The van der Waals surface area contributed by atoms with Gasteiger partial charge in [0.1, 0.15) is 5.82 Å². The van der Waals surface area contributed by atoms with Crippen molar-refractivity contribution in [3.05, 3.63) is 35.6 Å². The first-order chi connectivity index (χ1) is 8.94. The van der Waals surface area contributed by atoms with Gasteiger partial charge in [0.05, 0.1) is 5.60 Å². The lowest BCUT2D eigenvalue weighted by atomic mass is 9.93. The second-order valence-electron chi connectivity index (χ2n) is 6.20. The Labute approximate surface area is 115 Å². The summed E-state index contributed by atoms with van der Waals surface area (Å²) < 4.78 is 18.6. The van der Waals surface area contributed by atoms with E-state index in [4.69, 9.17) is 4.74 Å². The summed E-state index contributed by atoms with van der Waals surface area (Å²) in [6.07, 6.45) is 3.04. The van der Waals surface area contributed by atoms with Crippen molar-refractivity contribution in [3.63, 3.8) is 0 Å². The van der Waals surface area contributed by atoms with Gasteiger partial charge in [0.2, 0.25) is 0 Å². The van der Waals surface area contributed by atoms with E-state index in [-0.39, 0.29) is 11.4 Å². The van der Waals surface area contributed by atoms with E-state index >= 15 is 0 Å². The lowest BCUT2D eigenvalue weighted by Gasteiger charge is -2.37. The van der Waals surface area contributed by atoms with Gasteiger partial charge in [-0.15, -0.1) is 0 Å². The Morgan fingerprint density at radius 2 is 2.05 bits per heavy atom. The number of halogens is 1. The van der Waals surface area contributed by atoms with Crippen LogP contribution < -0.4 is 5.32 Å². The topological polar surface area (TPSA) is 21.3 Å². The fourth-order valence-electron chi connectivity index (χ4n) is 2.81. The highest BCUT2D eigenvalue weighted by Gasteiger charge is 2.29. The van der Waals surface area contributed by atoms with E-state index in [1.165, 1.54) is 17.7 Å². The molecule has 0 bridgehead atoms. The zero-order valence-electron chi connectivity index (χ0n) is 12.1. The summed E-state index contributed by atoms with van der Waals surface area (Å²) in [6.45, 7) is 7.30. The van der Waals surface area contributed by atoms with Crippen LogP contribution in [-0.2, 0) is 11.2 Å². The van der Waals surface area contributed by atoms with Crippen molar-refractivity contribution in [3.8, 4) is 0 Å². The SMILES string of the molecule is CC(Cc1ccc(F)cc1)NC1CCOC(C)(C)C1. The van der Waals surface area contributed by atoms with Crippen molar-refractivity contribution in [2.24, 2.45) is 0 Å². The number of hydrogen-bond donors (Lipinski definition) is 1. The maximum absolute atomic E-state index is 12.9. The molecule has 1 aromatic rings. The van der Waals surface area contributed by atoms with Crippen molar-refractivity contribution in [2.45, 2.75) is 57.7 Å². The monoisotopic (exact) mass is 265 g/mol. The van der Waals surface area contributed by atoms with Crippen LogP contribution in [0.25, 0.3) is 0 Å². The van der Waals surface area contributed by atoms with Crippen LogP contribution >= 0.6 is 0 Å². The largest absolute Gasteiger partial charge is 0.375 e. The van der Waals surface area contributed by atoms with Gasteiger partial charge >= 0.3 is 0 Å². The molecule has 1 saturated heterocycles. The molecule has 2 nitrogen and oxygen atoms in total. The smallest absolute Gasteiger partial charge is 0.123 e. The number of ether oxygens (including phenoxy) is 1. The van der Waals surface area contributed by atoms with Crippen LogP contribution in [-0.4, -0.2) is 24.3 Å². The lowest BCUT2D eigenvalue weighted by Crippen LogP contribution is -2.47. The summed E-state index contributed by atoms with van der Waals surface area (Å²) >= 11 is 0. The highest BCUT2D eigenvalue weighted by Crippen LogP contribution is 2.24. The van der Waals surface area contributed by atoms with E-state index in [1.807, 2.05) is 12.1 Å². The average molecular weight is 265 g/mol. The molecular formula is C16H24FNO. The van der Waals surface area contributed by atoms with Gasteiger partial charge in [-0.1, -0.05) is 12.1 Å². The van der Waals surface area contributed by atoms with Gasteiger partial charge in [0, 0.05) is 18.7 Å². The molecule has 0 amide bonds. The van der Waals surface area contributed by atoms with E-state index < -0.39 is 0 Å². The van der Waals surface area contributed by atoms with E-state index in [2.05, 4.69) is 26.1 Å². The Kier molecular flexibility index (Phi) is 4.58. The summed E-state index contributed by atoms with van der Waals surface area (Å²) in [5.74, 6) is -0.171. The minimum absolute atomic E-state index is 0.0223. The molecule has 0 aliphatic carbocycles. The van der Waals surface area contributed by atoms with Crippen LogP contribution in [0.2, 0.25) is 0 Å². The second-order valence-corrected chi connectivity index (χ2v) is 6.20. The fourth-order valence-corrected chi connectivity index (χ4v) is 2.81. The van der Waals surface area contributed by atoms with Crippen molar-refractivity contribution in [2.75, 3.05) is 6.61 Å². The zero-order chi connectivity index (χ0) is 13.9. The van der Waals surface area contributed by atoms with Gasteiger partial charge in [0.25, 0.3) is 0 Å². The van der Waals surface area contributed by atoms with E-state index in [0.29, 0.717) is 12.1 Å². The van der Waals surface area contributed by atoms with Crippen molar-refractivity contribution in [1.29, 1.82) is 0 Å². The van der Waals surface area contributed by atoms with E-state index in [0.717, 1.165) is 25.9 Å². The zero-order valence-corrected chi connectivity index (χ0v) is 12.1. The number of benzene rings is 1. The Hall–Kier alpha value is -0.930. The van der Waals surface area contributed by atoms with Gasteiger partial charge in [0.15, 0.2) is 0 Å². The first-order valence-corrected chi connectivity index (χ1v) is 7.09. The predicted molar refractivity (Wildman–Crippen MR) is 75.8 cm³/mol. The Bertz CT molecular complexity index is 402. The predicted octanol–water partition coefficient (Wildman–Crippen LogP) is 3.30. The Balaban J connectivity index is 1.84. The van der Waals surface area contributed by atoms with Crippen LogP contribution in [0.1, 0.15) is 39.2 Å². The molecule has 0 spiro atoms. The standard InChI is InChI=1S/C16H24FNO/c1-12(10-13-4-6-14(17)7-5-13)18-15-8-9-19-16(2,3)11-15/h4-7,12,15,18H,8-11H2,1-3H3. The first-order valence-electron chi connectivity index (χ1n) is 7.09. The molecule has 19 heavy (non-hydrogen) atoms. The summed E-state index contributed by atoms with van der Waals surface area (Å²) in [4.78, 5) is 0. The summed E-state index contributed by atoms with van der Waals surface area (Å²) in [6, 6.07) is 7.69. The molecule has 1 aromatic carbocycles. The van der Waals surface area contributed by atoms with Gasteiger partial charge < -0.3 is 10.1 Å². The highest BCUT2D eigenvalue weighted by molar-refractivity contribution is 5.17. The molecule has 1 N–H and O–H groups in total. The third-order valence-electron chi connectivity index (χ3n) is 3.67. The molecule has 3 heteroatoms. The van der Waals surface area contributed by atoms with Gasteiger partial charge in [-0.25, -0.2) is 4.39 Å². The maximum atomic E-state index is 12.9.